The molecule has 1 aliphatic carbocycles. The molecule has 0 aromatic carbocycles. The fourth-order valence-electron chi connectivity index (χ4n) is 2.39. The van der Waals surface area contributed by atoms with E-state index in [9.17, 15) is 9.59 Å². The molecule has 2 fully saturated rings. The summed E-state index contributed by atoms with van der Waals surface area (Å²) in [5.41, 5.74) is 0. The van der Waals surface area contributed by atoms with Crippen molar-refractivity contribution in [3.63, 3.8) is 0 Å². The molecule has 0 radical (unpaired) electrons. The SMILES string of the molecule is COC1CCC(NC(=O)N2CSCC2C(=O)O)C1. The highest BCUT2D eigenvalue weighted by atomic mass is 32.2. The summed E-state index contributed by atoms with van der Waals surface area (Å²) in [6.07, 6.45) is 2.85. The zero-order valence-electron chi connectivity index (χ0n) is 10.3. The number of hydrogen-bond acceptors (Lipinski definition) is 4. The molecule has 0 spiro atoms. The van der Waals surface area contributed by atoms with Crippen molar-refractivity contribution in [3.05, 3.63) is 0 Å². The van der Waals surface area contributed by atoms with Gasteiger partial charge < -0.3 is 20.1 Å². The molecule has 2 aliphatic rings. The normalized spacial score (nSPS) is 31.6. The van der Waals surface area contributed by atoms with E-state index in [1.165, 1.54) is 16.7 Å². The number of methoxy groups -OCH3 is 1. The van der Waals surface area contributed by atoms with Crippen molar-refractivity contribution in [1.29, 1.82) is 0 Å². The number of rotatable bonds is 3. The van der Waals surface area contributed by atoms with E-state index in [4.69, 9.17) is 9.84 Å². The number of nitrogens with zero attached hydrogens (tertiary/aromatic N) is 1. The Labute approximate surface area is 110 Å². The van der Waals surface area contributed by atoms with Crippen LogP contribution in [0.3, 0.4) is 0 Å². The van der Waals surface area contributed by atoms with Gasteiger partial charge in [0.1, 0.15) is 6.04 Å². The Bertz CT molecular complexity index is 339. The van der Waals surface area contributed by atoms with Crippen LogP contribution < -0.4 is 5.32 Å². The molecule has 3 atom stereocenters. The molecule has 0 bridgehead atoms. The first-order chi connectivity index (χ1) is 8.61. The zero-order valence-corrected chi connectivity index (χ0v) is 11.1. The maximum atomic E-state index is 12.0. The second-order valence-electron chi connectivity index (χ2n) is 4.64. The summed E-state index contributed by atoms with van der Waals surface area (Å²) < 4.78 is 5.24. The third-order valence-corrected chi connectivity index (χ3v) is 4.49. The third-order valence-electron chi connectivity index (χ3n) is 3.47. The molecule has 18 heavy (non-hydrogen) atoms. The summed E-state index contributed by atoms with van der Waals surface area (Å²) in [6.45, 7) is 0. The van der Waals surface area contributed by atoms with Crippen molar-refractivity contribution in [2.75, 3.05) is 18.7 Å². The molecule has 3 unspecified atom stereocenters. The van der Waals surface area contributed by atoms with Crippen LogP contribution in [0.2, 0.25) is 0 Å². The number of carbonyl (C=O) groups excluding carboxylic acids is 1. The van der Waals surface area contributed by atoms with Gasteiger partial charge in [0.25, 0.3) is 0 Å². The van der Waals surface area contributed by atoms with Crippen LogP contribution in [0.4, 0.5) is 4.79 Å². The van der Waals surface area contributed by atoms with Crippen LogP contribution in [0.5, 0.6) is 0 Å². The van der Waals surface area contributed by atoms with Gasteiger partial charge in [0.2, 0.25) is 0 Å². The topological polar surface area (TPSA) is 78.9 Å². The molecular weight excluding hydrogens is 256 g/mol. The van der Waals surface area contributed by atoms with Crippen LogP contribution in [0, 0.1) is 0 Å². The van der Waals surface area contributed by atoms with Crippen molar-refractivity contribution in [1.82, 2.24) is 10.2 Å². The lowest BCUT2D eigenvalue weighted by Crippen LogP contribution is -2.49. The minimum absolute atomic E-state index is 0.0995. The number of ether oxygens (including phenoxy) is 1. The van der Waals surface area contributed by atoms with E-state index in [0.29, 0.717) is 11.6 Å². The summed E-state index contributed by atoms with van der Waals surface area (Å²) in [5, 5.41) is 11.9. The van der Waals surface area contributed by atoms with Crippen molar-refractivity contribution in [2.45, 2.75) is 37.5 Å². The van der Waals surface area contributed by atoms with E-state index >= 15 is 0 Å². The summed E-state index contributed by atoms with van der Waals surface area (Å²) >= 11 is 1.47. The second kappa shape index (κ2) is 5.79. The number of amides is 2. The van der Waals surface area contributed by atoms with Crippen LogP contribution in [-0.2, 0) is 9.53 Å². The Hall–Kier alpha value is -0.950. The number of nitrogens with one attached hydrogen (secondary N) is 1. The van der Waals surface area contributed by atoms with Gasteiger partial charge in [-0.15, -0.1) is 11.8 Å². The summed E-state index contributed by atoms with van der Waals surface area (Å²) in [6, 6.07) is -0.869. The van der Waals surface area contributed by atoms with Gasteiger partial charge in [0.15, 0.2) is 0 Å². The lowest BCUT2D eigenvalue weighted by molar-refractivity contribution is -0.140. The van der Waals surface area contributed by atoms with Crippen LogP contribution >= 0.6 is 11.8 Å². The minimum atomic E-state index is -0.934. The fraction of sp³-hybridized carbons (Fsp3) is 0.818. The molecular formula is C11H18N2O4S. The van der Waals surface area contributed by atoms with Crippen molar-refractivity contribution in [2.24, 2.45) is 0 Å². The van der Waals surface area contributed by atoms with E-state index in [1.807, 2.05) is 0 Å². The molecule has 2 rings (SSSR count). The monoisotopic (exact) mass is 274 g/mol. The van der Waals surface area contributed by atoms with Crippen molar-refractivity contribution >= 4 is 23.8 Å². The van der Waals surface area contributed by atoms with Crippen LogP contribution in [-0.4, -0.2) is 58.9 Å². The first kappa shape index (κ1) is 13.5. The van der Waals surface area contributed by atoms with Gasteiger partial charge in [0, 0.05) is 18.9 Å². The molecule has 1 saturated heterocycles. The highest BCUT2D eigenvalue weighted by Gasteiger charge is 2.36. The summed E-state index contributed by atoms with van der Waals surface area (Å²) in [4.78, 5) is 24.4. The van der Waals surface area contributed by atoms with E-state index < -0.39 is 12.0 Å². The number of urea groups is 1. The molecule has 0 aromatic rings. The highest BCUT2D eigenvalue weighted by Crippen LogP contribution is 2.24. The van der Waals surface area contributed by atoms with E-state index in [0.717, 1.165) is 19.3 Å². The molecule has 6 nitrogen and oxygen atoms in total. The number of carbonyl (C=O) groups is 2. The Morgan fingerprint density at radius 2 is 2.22 bits per heavy atom. The molecule has 102 valence electrons. The van der Waals surface area contributed by atoms with Gasteiger partial charge in [-0.3, -0.25) is 0 Å². The first-order valence-electron chi connectivity index (χ1n) is 6.02. The summed E-state index contributed by atoms with van der Waals surface area (Å²) in [5.74, 6) is -0.0199. The Balaban J connectivity index is 1.86. The lowest BCUT2D eigenvalue weighted by Gasteiger charge is -2.23. The van der Waals surface area contributed by atoms with Gasteiger partial charge >= 0.3 is 12.0 Å². The molecule has 0 aromatic heterocycles. The lowest BCUT2D eigenvalue weighted by atomic mass is 10.2. The minimum Gasteiger partial charge on any atom is -0.480 e. The molecule has 1 saturated carbocycles. The maximum absolute atomic E-state index is 12.0. The van der Waals surface area contributed by atoms with Crippen LogP contribution in [0.15, 0.2) is 0 Å². The standard InChI is InChI=1S/C11H18N2O4S/c1-17-8-3-2-7(4-8)12-11(16)13-6-18-5-9(13)10(14)15/h7-9H,2-6H2,1H3,(H,12,16)(H,14,15). The largest absolute Gasteiger partial charge is 0.480 e. The number of carboxylic acids is 1. The predicted molar refractivity (Wildman–Crippen MR) is 67.6 cm³/mol. The highest BCUT2D eigenvalue weighted by molar-refractivity contribution is 7.99. The zero-order chi connectivity index (χ0) is 13.1. The average Bonchev–Trinajstić information content (AvgIpc) is 2.96. The van der Waals surface area contributed by atoms with Gasteiger partial charge in [-0.1, -0.05) is 0 Å². The molecule has 7 heteroatoms. The quantitative estimate of drug-likeness (QED) is 0.793. The second-order valence-corrected chi connectivity index (χ2v) is 5.64. The molecule has 1 aliphatic heterocycles. The van der Waals surface area contributed by atoms with Crippen LogP contribution in [0.25, 0.3) is 0 Å². The molecule has 2 amide bonds. The van der Waals surface area contributed by atoms with Gasteiger partial charge in [0.05, 0.1) is 12.0 Å². The average molecular weight is 274 g/mol. The van der Waals surface area contributed by atoms with Gasteiger partial charge in [-0.25, -0.2) is 9.59 Å². The predicted octanol–water partition coefficient (Wildman–Crippen LogP) is 0.723. The van der Waals surface area contributed by atoms with E-state index in [-0.39, 0.29) is 18.2 Å². The number of carboxylic acid groups (broad SMARTS) is 1. The summed E-state index contributed by atoms with van der Waals surface area (Å²) in [7, 11) is 1.67. The molecule has 1 heterocycles. The maximum Gasteiger partial charge on any atom is 0.327 e. The fourth-order valence-corrected chi connectivity index (χ4v) is 3.54. The number of thioether (sulfide) groups is 1. The molecule has 2 N–H and O–H groups in total. The van der Waals surface area contributed by atoms with Crippen molar-refractivity contribution in [3.8, 4) is 0 Å². The third kappa shape index (κ3) is 2.89. The number of aliphatic carboxylic acids is 1. The smallest absolute Gasteiger partial charge is 0.327 e. The Morgan fingerprint density at radius 3 is 2.83 bits per heavy atom. The van der Waals surface area contributed by atoms with Gasteiger partial charge in [-0.2, -0.15) is 0 Å². The van der Waals surface area contributed by atoms with Crippen molar-refractivity contribution < 1.29 is 19.4 Å². The van der Waals surface area contributed by atoms with Crippen LogP contribution in [0.1, 0.15) is 19.3 Å². The van der Waals surface area contributed by atoms with E-state index in [1.54, 1.807) is 7.11 Å². The Morgan fingerprint density at radius 1 is 1.44 bits per heavy atom. The van der Waals surface area contributed by atoms with E-state index in [2.05, 4.69) is 5.32 Å². The first-order valence-corrected chi connectivity index (χ1v) is 7.17. The number of hydrogen-bond donors (Lipinski definition) is 2. The van der Waals surface area contributed by atoms with Gasteiger partial charge in [-0.05, 0) is 19.3 Å². The Kier molecular flexibility index (Phi) is 4.34.